The van der Waals surface area contributed by atoms with Crippen molar-refractivity contribution in [2.45, 2.75) is 6.92 Å². The predicted octanol–water partition coefficient (Wildman–Crippen LogP) is 1.88. The van der Waals surface area contributed by atoms with Crippen LogP contribution in [0, 0.1) is 6.92 Å². The molecule has 0 unspecified atom stereocenters. The van der Waals surface area contributed by atoms with Crippen molar-refractivity contribution < 1.29 is 14.3 Å². The molecule has 3 aromatic rings. The molecule has 2 heterocycles. The predicted molar refractivity (Wildman–Crippen MR) is 81.6 cm³/mol. The second-order valence-electron chi connectivity index (χ2n) is 4.66. The lowest BCUT2D eigenvalue weighted by Crippen LogP contribution is -2.16. The zero-order chi connectivity index (χ0) is 16.4. The van der Waals surface area contributed by atoms with Crippen LogP contribution >= 0.6 is 0 Å². The lowest BCUT2D eigenvalue weighted by molar-refractivity contribution is 0.211. The molecule has 116 valence electrons. The maximum Gasteiger partial charge on any atom is 0.409 e. The van der Waals surface area contributed by atoms with Crippen molar-refractivity contribution in [2.24, 2.45) is 5.73 Å². The van der Waals surface area contributed by atoms with Crippen LogP contribution in [0.1, 0.15) is 5.69 Å². The number of nitrogens with one attached hydrogen (secondary N) is 1. The van der Waals surface area contributed by atoms with E-state index in [0.717, 1.165) is 0 Å². The van der Waals surface area contributed by atoms with E-state index >= 15 is 0 Å². The topological polar surface area (TPSA) is 120 Å². The number of hydrogen-bond acceptors (Lipinski definition) is 6. The number of hydrogen-bond donors (Lipinski definition) is 2. The number of nitrogens with zero attached hydrogens (tertiary/aromatic N) is 2. The van der Waals surface area contributed by atoms with Gasteiger partial charge in [-0.15, -0.1) is 0 Å². The first kappa shape index (κ1) is 14.5. The number of aryl methyl sites for hydroxylation is 1. The first-order valence-corrected chi connectivity index (χ1v) is 6.64. The summed E-state index contributed by atoms with van der Waals surface area (Å²) in [5, 5.41) is 0. The maximum absolute atomic E-state index is 11.6. The van der Waals surface area contributed by atoms with Crippen LogP contribution in [0.25, 0.3) is 11.2 Å². The average Bonchev–Trinajstić information content (AvgIpc) is 2.49. The van der Waals surface area contributed by atoms with E-state index in [4.69, 9.17) is 15.2 Å². The highest BCUT2D eigenvalue weighted by molar-refractivity contribution is 5.77. The summed E-state index contributed by atoms with van der Waals surface area (Å²) in [6.07, 6.45) is 0.584. The molecule has 0 radical (unpaired) electrons. The molecule has 0 aliphatic heterocycles. The second kappa shape index (κ2) is 5.76. The minimum Gasteiger partial charge on any atom is -0.455 e. The Labute approximate surface area is 129 Å². The molecule has 0 saturated heterocycles. The number of ether oxygens (including phenoxy) is 2. The Bertz CT molecular complexity index is 952. The van der Waals surface area contributed by atoms with Crippen LogP contribution < -0.4 is 20.8 Å². The van der Waals surface area contributed by atoms with Gasteiger partial charge in [-0.05, 0) is 19.1 Å². The Hall–Kier alpha value is -3.42. The van der Waals surface area contributed by atoms with Crippen molar-refractivity contribution in [3.63, 3.8) is 0 Å². The fourth-order valence-electron chi connectivity index (χ4n) is 1.98. The van der Waals surface area contributed by atoms with Gasteiger partial charge >= 0.3 is 6.09 Å². The third-order valence-electron chi connectivity index (χ3n) is 2.98. The van der Waals surface area contributed by atoms with Crippen LogP contribution in [-0.4, -0.2) is 21.0 Å². The fraction of sp³-hybridized carbons (Fsp3) is 0.0667. The van der Waals surface area contributed by atoms with E-state index < -0.39 is 6.09 Å². The van der Waals surface area contributed by atoms with Crippen LogP contribution in [0.15, 0.2) is 41.3 Å². The normalized spacial score (nSPS) is 10.5. The van der Waals surface area contributed by atoms with Crippen molar-refractivity contribution in [2.75, 3.05) is 0 Å². The van der Waals surface area contributed by atoms with Crippen LogP contribution in [0.4, 0.5) is 4.79 Å². The first-order chi connectivity index (χ1) is 11.0. The summed E-state index contributed by atoms with van der Waals surface area (Å²) in [6, 6.07) is 8.03. The highest BCUT2D eigenvalue weighted by Gasteiger charge is 2.09. The van der Waals surface area contributed by atoms with Gasteiger partial charge in [-0.1, -0.05) is 6.07 Å². The summed E-state index contributed by atoms with van der Waals surface area (Å²) < 4.78 is 10.6. The van der Waals surface area contributed by atoms with Gasteiger partial charge in [0.25, 0.3) is 5.56 Å². The lowest BCUT2D eigenvalue weighted by Gasteiger charge is -2.09. The van der Waals surface area contributed by atoms with E-state index in [1.54, 1.807) is 31.2 Å². The number of fused-ring (bicyclic) bond motifs is 1. The molecule has 0 bridgehead atoms. The highest BCUT2D eigenvalue weighted by Crippen LogP contribution is 2.28. The minimum atomic E-state index is -0.911. The molecule has 23 heavy (non-hydrogen) atoms. The van der Waals surface area contributed by atoms with E-state index in [1.165, 1.54) is 12.3 Å². The number of carbonyl (C=O) groups is 1. The number of H-pyrrole nitrogens is 1. The Balaban J connectivity index is 2.00. The number of carbonyl (C=O) groups excluding carboxylic acids is 1. The molecule has 2 aromatic heterocycles. The number of aromatic amines is 1. The Morgan fingerprint density at radius 3 is 2.83 bits per heavy atom. The zero-order valence-corrected chi connectivity index (χ0v) is 12.1. The zero-order valence-electron chi connectivity index (χ0n) is 12.1. The van der Waals surface area contributed by atoms with Crippen LogP contribution in [0.5, 0.6) is 17.2 Å². The van der Waals surface area contributed by atoms with Gasteiger partial charge in [-0.2, -0.15) is 0 Å². The average molecular weight is 312 g/mol. The SMILES string of the molecule is Cc1nc2c(Oc3cccc(OC(N)=O)c3)ccnc2[nH]c1=O. The van der Waals surface area contributed by atoms with Gasteiger partial charge in [-0.25, -0.2) is 14.8 Å². The molecule has 3 N–H and O–H groups in total. The van der Waals surface area contributed by atoms with Crippen molar-refractivity contribution in [1.29, 1.82) is 0 Å². The molecular weight excluding hydrogens is 300 g/mol. The summed E-state index contributed by atoms with van der Waals surface area (Å²) in [5.41, 5.74) is 5.72. The molecule has 1 aromatic carbocycles. The van der Waals surface area contributed by atoms with Crippen LogP contribution in [-0.2, 0) is 0 Å². The molecule has 0 atom stereocenters. The monoisotopic (exact) mass is 312 g/mol. The lowest BCUT2D eigenvalue weighted by atomic mass is 10.3. The van der Waals surface area contributed by atoms with Gasteiger partial charge in [0.1, 0.15) is 22.7 Å². The van der Waals surface area contributed by atoms with Gasteiger partial charge in [0.15, 0.2) is 11.4 Å². The quantitative estimate of drug-likeness (QED) is 0.761. The van der Waals surface area contributed by atoms with E-state index in [9.17, 15) is 9.59 Å². The number of rotatable bonds is 3. The molecule has 0 fully saturated rings. The largest absolute Gasteiger partial charge is 0.455 e. The van der Waals surface area contributed by atoms with Gasteiger partial charge in [0, 0.05) is 18.3 Å². The molecule has 1 amide bonds. The molecule has 8 heteroatoms. The standard InChI is InChI=1S/C15H12N4O4/c1-8-14(20)19-13-12(18-8)11(5-6-17-13)22-9-3-2-4-10(7-9)23-15(16)21/h2-7H,1H3,(H2,16,21)(H,17,19,20). The Morgan fingerprint density at radius 1 is 1.26 bits per heavy atom. The molecule has 8 nitrogen and oxygen atoms in total. The van der Waals surface area contributed by atoms with Crippen molar-refractivity contribution >= 4 is 17.3 Å². The summed E-state index contributed by atoms with van der Waals surface area (Å²) in [4.78, 5) is 33.3. The highest BCUT2D eigenvalue weighted by atomic mass is 16.5. The van der Waals surface area contributed by atoms with E-state index in [0.29, 0.717) is 28.4 Å². The van der Waals surface area contributed by atoms with E-state index in [-0.39, 0.29) is 11.3 Å². The number of amides is 1. The molecule has 3 rings (SSSR count). The van der Waals surface area contributed by atoms with E-state index in [1.807, 2.05) is 0 Å². The molecule has 0 aliphatic rings. The number of pyridine rings is 1. The minimum absolute atomic E-state index is 0.255. The van der Waals surface area contributed by atoms with Crippen molar-refractivity contribution in [3.8, 4) is 17.2 Å². The van der Waals surface area contributed by atoms with Crippen molar-refractivity contribution in [3.05, 3.63) is 52.6 Å². The third kappa shape index (κ3) is 3.10. The molecule has 0 saturated carbocycles. The van der Waals surface area contributed by atoms with Gasteiger partial charge in [0.2, 0.25) is 0 Å². The van der Waals surface area contributed by atoms with Crippen molar-refractivity contribution in [1.82, 2.24) is 15.0 Å². The first-order valence-electron chi connectivity index (χ1n) is 6.64. The molecule has 0 spiro atoms. The summed E-state index contributed by atoms with van der Waals surface area (Å²) >= 11 is 0. The number of benzene rings is 1. The smallest absolute Gasteiger partial charge is 0.409 e. The Morgan fingerprint density at radius 2 is 2.04 bits per heavy atom. The fourth-order valence-corrected chi connectivity index (χ4v) is 1.98. The summed E-state index contributed by atoms with van der Waals surface area (Å²) in [6.45, 7) is 1.59. The van der Waals surface area contributed by atoms with Gasteiger partial charge in [0.05, 0.1) is 0 Å². The number of nitrogens with two attached hydrogens (primary N) is 1. The number of aromatic nitrogens is 3. The van der Waals surface area contributed by atoms with Gasteiger partial charge < -0.3 is 20.2 Å². The molecular formula is C15H12N4O4. The number of primary amides is 1. The third-order valence-corrected chi connectivity index (χ3v) is 2.98. The summed E-state index contributed by atoms with van der Waals surface area (Å²) in [5.74, 6) is 1.08. The van der Waals surface area contributed by atoms with Gasteiger partial charge in [-0.3, -0.25) is 4.79 Å². The van der Waals surface area contributed by atoms with Crippen LogP contribution in [0.3, 0.4) is 0 Å². The van der Waals surface area contributed by atoms with Crippen LogP contribution in [0.2, 0.25) is 0 Å². The van der Waals surface area contributed by atoms with E-state index in [2.05, 4.69) is 15.0 Å². The Kier molecular flexibility index (Phi) is 3.63. The maximum atomic E-state index is 11.6. The second-order valence-corrected chi connectivity index (χ2v) is 4.66. The molecule has 0 aliphatic carbocycles. The summed E-state index contributed by atoms with van der Waals surface area (Å²) in [7, 11) is 0.